The van der Waals surface area contributed by atoms with E-state index in [1.807, 2.05) is 24.3 Å². The van der Waals surface area contributed by atoms with E-state index >= 15 is 0 Å². The lowest BCUT2D eigenvalue weighted by Gasteiger charge is -2.18. The molecule has 0 radical (unpaired) electrons. The molecule has 22 heavy (non-hydrogen) atoms. The molecule has 2 unspecified atom stereocenters. The molecule has 0 aromatic heterocycles. The van der Waals surface area contributed by atoms with Gasteiger partial charge in [0.15, 0.2) is 0 Å². The van der Waals surface area contributed by atoms with E-state index in [1.165, 1.54) is 18.4 Å². The Labute approximate surface area is 132 Å². The summed E-state index contributed by atoms with van der Waals surface area (Å²) in [6.07, 6.45) is -0.611. The Morgan fingerprint density at radius 1 is 1.36 bits per heavy atom. The van der Waals surface area contributed by atoms with Crippen molar-refractivity contribution in [3.63, 3.8) is 0 Å². The summed E-state index contributed by atoms with van der Waals surface area (Å²) in [7, 11) is 1.37. The van der Waals surface area contributed by atoms with Gasteiger partial charge in [-0.3, -0.25) is 4.90 Å². The van der Waals surface area contributed by atoms with Crippen LogP contribution in [-0.2, 0) is 16.6 Å². The molecule has 0 saturated carbocycles. The van der Waals surface area contributed by atoms with E-state index in [0.29, 0.717) is 19.6 Å². The third-order valence-electron chi connectivity index (χ3n) is 4.00. The zero-order valence-electron chi connectivity index (χ0n) is 13.3. The van der Waals surface area contributed by atoms with Gasteiger partial charge >= 0.3 is 0 Å². The molecule has 1 N–H and O–H groups in total. The fourth-order valence-electron chi connectivity index (χ4n) is 2.68. The number of sulfonamides is 1. The van der Waals surface area contributed by atoms with Gasteiger partial charge in [-0.05, 0) is 17.7 Å². The Morgan fingerprint density at radius 3 is 2.73 bits per heavy atom. The molecule has 6 nitrogen and oxygen atoms in total. The molecule has 0 spiro atoms. The van der Waals surface area contributed by atoms with Gasteiger partial charge in [0, 0.05) is 39.6 Å². The summed E-state index contributed by atoms with van der Waals surface area (Å²) >= 11 is 0. The lowest BCUT2D eigenvalue weighted by molar-refractivity contribution is 0.148. The van der Waals surface area contributed by atoms with Crippen molar-refractivity contribution >= 4 is 10.0 Å². The molecule has 1 aromatic rings. The number of hydrogen-bond donors (Lipinski definition) is 1. The fourth-order valence-corrected chi connectivity index (χ4v) is 3.85. The van der Waals surface area contributed by atoms with Crippen molar-refractivity contribution in [2.45, 2.75) is 12.6 Å². The first kappa shape index (κ1) is 17.2. The molecule has 1 saturated heterocycles. The first-order chi connectivity index (χ1) is 10.3. The monoisotopic (exact) mass is 328 g/mol. The normalized spacial score (nSPS) is 23.1. The van der Waals surface area contributed by atoms with Gasteiger partial charge in [0.25, 0.3) is 0 Å². The Morgan fingerprint density at radius 2 is 2.09 bits per heavy atom. The molecule has 1 aromatic carbocycles. The number of rotatable bonds is 6. The summed E-state index contributed by atoms with van der Waals surface area (Å²) in [6.45, 7) is 1.74. The number of methoxy groups -OCH3 is 1. The summed E-state index contributed by atoms with van der Waals surface area (Å²) in [5.74, 6) is 0.525. The highest BCUT2D eigenvalue weighted by Gasteiger charge is 2.35. The molecular weight excluding hydrogens is 304 g/mol. The van der Waals surface area contributed by atoms with E-state index < -0.39 is 16.1 Å². The van der Waals surface area contributed by atoms with Crippen LogP contribution in [0.15, 0.2) is 24.3 Å². The second kappa shape index (κ2) is 6.95. The molecule has 0 amide bonds. The van der Waals surface area contributed by atoms with Crippen LogP contribution in [0.1, 0.15) is 5.56 Å². The number of β-amino-alcohol motifs (C(OH)–C–C–N with tert-alkyl or cyclic N) is 1. The van der Waals surface area contributed by atoms with Crippen molar-refractivity contribution in [1.29, 1.82) is 0 Å². The SMILES string of the molecule is COc1cccc(CN2CC(O)C(CS(=O)(=O)N(C)C)C2)c1. The smallest absolute Gasteiger partial charge is 0.214 e. The van der Waals surface area contributed by atoms with Crippen LogP contribution in [0.3, 0.4) is 0 Å². The maximum atomic E-state index is 12.0. The first-order valence-electron chi connectivity index (χ1n) is 7.25. The van der Waals surface area contributed by atoms with Gasteiger partial charge in [-0.1, -0.05) is 12.1 Å². The predicted molar refractivity (Wildman–Crippen MR) is 85.2 cm³/mol. The second-order valence-electron chi connectivity index (χ2n) is 5.93. The number of nitrogens with zero attached hydrogens (tertiary/aromatic N) is 2. The molecule has 1 aliphatic rings. The molecule has 2 rings (SSSR count). The zero-order valence-corrected chi connectivity index (χ0v) is 14.1. The van der Waals surface area contributed by atoms with Gasteiger partial charge in [-0.2, -0.15) is 0 Å². The van der Waals surface area contributed by atoms with Gasteiger partial charge < -0.3 is 9.84 Å². The highest BCUT2D eigenvalue weighted by atomic mass is 32.2. The van der Waals surface area contributed by atoms with Crippen LogP contribution < -0.4 is 4.74 Å². The number of likely N-dealkylation sites (tertiary alicyclic amines) is 1. The van der Waals surface area contributed by atoms with Crippen LogP contribution in [0.2, 0.25) is 0 Å². The molecular formula is C15H24N2O4S. The molecule has 1 fully saturated rings. The maximum Gasteiger partial charge on any atom is 0.214 e. The second-order valence-corrected chi connectivity index (χ2v) is 8.16. The molecule has 1 heterocycles. The maximum absolute atomic E-state index is 12.0. The predicted octanol–water partition coefficient (Wildman–Crippen LogP) is 0.379. The fraction of sp³-hybridized carbons (Fsp3) is 0.600. The van der Waals surface area contributed by atoms with Crippen molar-refractivity contribution in [2.75, 3.05) is 40.0 Å². The van der Waals surface area contributed by atoms with Crippen molar-refractivity contribution in [1.82, 2.24) is 9.21 Å². The van der Waals surface area contributed by atoms with Crippen molar-refractivity contribution < 1.29 is 18.3 Å². The van der Waals surface area contributed by atoms with Crippen LogP contribution in [0.4, 0.5) is 0 Å². The van der Waals surface area contributed by atoms with Crippen molar-refractivity contribution in [3.8, 4) is 5.75 Å². The summed E-state index contributed by atoms with van der Waals surface area (Å²) in [5.41, 5.74) is 1.09. The Hall–Kier alpha value is -1.15. The van der Waals surface area contributed by atoms with Crippen molar-refractivity contribution in [3.05, 3.63) is 29.8 Å². The Bertz CT molecular complexity index is 603. The van der Waals surface area contributed by atoms with Gasteiger partial charge in [-0.15, -0.1) is 0 Å². The number of ether oxygens (including phenoxy) is 1. The number of aliphatic hydroxyl groups is 1. The third kappa shape index (κ3) is 4.19. The summed E-state index contributed by atoms with van der Waals surface area (Å²) in [4.78, 5) is 2.08. The topological polar surface area (TPSA) is 70.1 Å². The van der Waals surface area contributed by atoms with E-state index in [2.05, 4.69) is 4.90 Å². The lowest BCUT2D eigenvalue weighted by Crippen LogP contribution is -2.33. The van der Waals surface area contributed by atoms with E-state index in [0.717, 1.165) is 11.3 Å². The summed E-state index contributed by atoms with van der Waals surface area (Å²) < 4.78 is 30.3. The third-order valence-corrected chi connectivity index (χ3v) is 5.97. The van der Waals surface area contributed by atoms with Crippen LogP contribution in [0.5, 0.6) is 5.75 Å². The van der Waals surface area contributed by atoms with Gasteiger partial charge in [0.2, 0.25) is 10.0 Å². The van der Waals surface area contributed by atoms with Crippen molar-refractivity contribution in [2.24, 2.45) is 5.92 Å². The van der Waals surface area contributed by atoms with E-state index in [-0.39, 0.29) is 11.7 Å². The minimum Gasteiger partial charge on any atom is -0.497 e. The molecule has 0 aliphatic carbocycles. The molecule has 124 valence electrons. The van der Waals surface area contributed by atoms with E-state index in [4.69, 9.17) is 4.74 Å². The molecule has 2 atom stereocenters. The van der Waals surface area contributed by atoms with Gasteiger partial charge in [-0.25, -0.2) is 12.7 Å². The Kier molecular flexibility index (Phi) is 5.44. The van der Waals surface area contributed by atoms with E-state index in [9.17, 15) is 13.5 Å². The number of hydrogen-bond acceptors (Lipinski definition) is 5. The minimum absolute atomic E-state index is 0.0181. The highest BCUT2D eigenvalue weighted by Crippen LogP contribution is 2.22. The van der Waals surface area contributed by atoms with Gasteiger partial charge in [0.05, 0.1) is 19.0 Å². The molecule has 1 aliphatic heterocycles. The zero-order chi connectivity index (χ0) is 16.3. The quantitative estimate of drug-likeness (QED) is 0.817. The average Bonchev–Trinajstić information content (AvgIpc) is 2.78. The molecule has 7 heteroatoms. The van der Waals surface area contributed by atoms with Crippen LogP contribution >= 0.6 is 0 Å². The number of aliphatic hydroxyl groups excluding tert-OH is 1. The first-order valence-corrected chi connectivity index (χ1v) is 8.86. The summed E-state index contributed by atoms with van der Waals surface area (Å²) in [5, 5.41) is 10.1. The average molecular weight is 328 g/mol. The van der Waals surface area contributed by atoms with E-state index in [1.54, 1.807) is 7.11 Å². The molecule has 0 bridgehead atoms. The largest absolute Gasteiger partial charge is 0.497 e. The number of benzene rings is 1. The standard InChI is InChI=1S/C15H24N2O4S/c1-16(2)22(19,20)11-13-9-17(10-15(13)18)8-12-5-4-6-14(7-12)21-3/h4-7,13,15,18H,8-11H2,1-3H3. The van der Waals surface area contributed by atoms with Crippen LogP contribution in [0.25, 0.3) is 0 Å². The van der Waals surface area contributed by atoms with Crippen LogP contribution in [-0.4, -0.2) is 68.9 Å². The Balaban J connectivity index is 1.98. The van der Waals surface area contributed by atoms with Crippen LogP contribution in [0, 0.1) is 5.92 Å². The minimum atomic E-state index is -3.29. The summed E-state index contributed by atoms with van der Waals surface area (Å²) in [6, 6.07) is 7.76. The van der Waals surface area contributed by atoms with Gasteiger partial charge in [0.1, 0.15) is 5.75 Å². The highest BCUT2D eigenvalue weighted by molar-refractivity contribution is 7.89. The lowest BCUT2D eigenvalue weighted by atomic mass is 10.1.